The van der Waals surface area contributed by atoms with Gasteiger partial charge in [-0.2, -0.15) is 13.2 Å². The van der Waals surface area contributed by atoms with E-state index in [1.807, 2.05) is 19.2 Å². The second-order valence-electron chi connectivity index (χ2n) is 5.74. The normalized spacial score (nSPS) is 11.7. The Morgan fingerprint density at radius 2 is 2.00 bits per heavy atom. The van der Waals surface area contributed by atoms with E-state index in [0.29, 0.717) is 24.6 Å². The molecular formula is C18H24F3IN4OS. The zero-order chi connectivity index (χ0) is 19.7. The Labute approximate surface area is 183 Å². The first-order chi connectivity index (χ1) is 12.9. The van der Waals surface area contributed by atoms with Crippen LogP contribution in [-0.4, -0.2) is 36.8 Å². The fourth-order valence-corrected chi connectivity index (χ4v) is 2.92. The lowest BCUT2D eigenvalue weighted by Gasteiger charge is -2.13. The zero-order valence-electron chi connectivity index (χ0n) is 15.7. The van der Waals surface area contributed by atoms with Crippen molar-refractivity contribution in [3.8, 4) is 5.75 Å². The van der Waals surface area contributed by atoms with E-state index in [9.17, 15) is 13.2 Å². The number of hydrogen-bond donors (Lipinski definition) is 2. The molecule has 5 nitrogen and oxygen atoms in total. The van der Waals surface area contributed by atoms with Crippen molar-refractivity contribution in [2.75, 3.05) is 19.7 Å². The smallest absolute Gasteiger partial charge is 0.422 e. The summed E-state index contributed by atoms with van der Waals surface area (Å²) < 4.78 is 42.1. The largest absolute Gasteiger partial charge is 0.484 e. The molecule has 2 aromatic rings. The lowest BCUT2D eigenvalue weighted by molar-refractivity contribution is -0.153. The van der Waals surface area contributed by atoms with Gasteiger partial charge in [0.15, 0.2) is 12.6 Å². The number of ether oxygens (including phenoxy) is 1. The maximum atomic E-state index is 12.4. The molecule has 0 radical (unpaired) electrons. The van der Waals surface area contributed by atoms with Crippen LogP contribution in [0.15, 0.2) is 34.6 Å². The van der Waals surface area contributed by atoms with Gasteiger partial charge in [0.25, 0.3) is 0 Å². The topological polar surface area (TPSA) is 58.5 Å². The van der Waals surface area contributed by atoms with Gasteiger partial charge in [-0.25, -0.2) is 9.98 Å². The van der Waals surface area contributed by atoms with Crippen molar-refractivity contribution < 1.29 is 17.9 Å². The third kappa shape index (κ3) is 9.09. The molecule has 0 amide bonds. The molecule has 0 saturated heterocycles. The number of thiazole rings is 1. The minimum Gasteiger partial charge on any atom is -0.484 e. The first-order valence-electron chi connectivity index (χ1n) is 8.58. The summed E-state index contributed by atoms with van der Waals surface area (Å²) in [5, 5.41) is 9.38. The van der Waals surface area contributed by atoms with E-state index in [4.69, 9.17) is 4.74 Å². The number of aromatic nitrogens is 1. The predicted octanol–water partition coefficient (Wildman–Crippen LogP) is 4.31. The van der Waals surface area contributed by atoms with E-state index in [0.717, 1.165) is 17.1 Å². The van der Waals surface area contributed by atoms with Crippen molar-refractivity contribution in [1.82, 2.24) is 15.6 Å². The molecule has 2 N–H and O–H groups in total. The van der Waals surface area contributed by atoms with Crippen LogP contribution in [0.25, 0.3) is 0 Å². The highest BCUT2D eigenvalue weighted by Crippen LogP contribution is 2.22. The van der Waals surface area contributed by atoms with Crippen molar-refractivity contribution in [3.63, 3.8) is 0 Å². The number of benzene rings is 1. The standard InChI is InChI=1S/C18H23F3N4OS.HI/c1-3-22-17(23-9-8-15-11-27-13(2)25-15)24-10-14-6-4-5-7-16(14)26-12-18(19,20)21;/h4-7,11H,3,8-10,12H2,1-2H3,(H2,22,23,24);1H. The highest BCUT2D eigenvalue weighted by molar-refractivity contribution is 14.0. The summed E-state index contributed by atoms with van der Waals surface area (Å²) >= 11 is 1.61. The number of aryl methyl sites for hydroxylation is 1. The quantitative estimate of drug-likeness (QED) is 0.305. The summed E-state index contributed by atoms with van der Waals surface area (Å²) in [7, 11) is 0. The van der Waals surface area contributed by atoms with Crippen LogP contribution in [0.1, 0.15) is 23.2 Å². The number of para-hydroxylation sites is 1. The number of hydrogen-bond acceptors (Lipinski definition) is 4. The molecule has 10 heteroatoms. The van der Waals surface area contributed by atoms with Gasteiger partial charge in [-0.15, -0.1) is 35.3 Å². The molecule has 0 spiro atoms. The molecule has 2 rings (SSSR count). The Morgan fingerprint density at radius 1 is 1.25 bits per heavy atom. The van der Waals surface area contributed by atoms with Crippen LogP contribution in [-0.2, 0) is 13.0 Å². The van der Waals surface area contributed by atoms with E-state index < -0.39 is 12.8 Å². The monoisotopic (exact) mass is 528 g/mol. The fraction of sp³-hybridized carbons (Fsp3) is 0.444. The molecule has 1 aromatic carbocycles. The van der Waals surface area contributed by atoms with Crippen molar-refractivity contribution in [2.24, 2.45) is 4.99 Å². The van der Waals surface area contributed by atoms with Crippen LogP contribution >= 0.6 is 35.3 Å². The third-order valence-corrected chi connectivity index (χ3v) is 4.28. The SMILES string of the molecule is CCNC(=NCc1ccccc1OCC(F)(F)F)NCCc1csc(C)n1.I. The zero-order valence-corrected chi connectivity index (χ0v) is 18.8. The van der Waals surface area contributed by atoms with E-state index in [-0.39, 0.29) is 36.3 Å². The van der Waals surface area contributed by atoms with Gasteiger partial charge < -0.3 is 15.4 Å². The van der Waals surface area contributed by atoms with Crippen molar-refractivity contribution in [3.05, 3.63) is 45.9 Å². The minimum atomic E-state index is -4.37. The van der Waals surface area contributed by atoms with Gasteiger partial charge in [-0.05, 0) is 19.9 Å². The molecule has 28 heavy (non-hydrogen) atoms. The van der Waals surface area contributed by atoms with E-state index in [1.54, 1.807) is 29.5 Å². The van der Waals surface area contributed by atoms with E-state index in [1.165, 1.54) is 6.07 Å². The maximum Gasteiger partial charge on any atom is 0.422 e. The minimum absolute atomic E-state index is 0. The Morgan fingerprint density at radius 3 is 2.64 bits per heavy atom. The van der Waals surface area contributed by atoms with Gasteiger partial charge in [0, 0.05) is 30.5 Å². The Balaban J connectivity index is 0.00000392. The number of rotatable bonds is 8. The maximum absolute atomic E-state index is 12.4. The summed E-state index contributed by atoms with van der Waals surface area (Å²) in [5.74, 6) is 0.780. The van der Waals surface area contributed by atoms with Gasteiger partial charge in [0.1, 0.15) is 5.75 Å². The van der Waals surface area contributed by atoms with Crippen LogP contribution in [0, 0.1) is 6.92 Å². The van der Waals surface area contributed by atoms with Crippen molar-refractivity contribution in [1.29, 1.82) is 0 Å². The summed E-state index contributed by atoms with van der Waals surface area (Å²) in [5.41, 5.74) is 1.61. The average Bonchev–Trinajstić information content (AvgIpc) is 3.03. The Kier molecular flexibility index (Phi) is 10.6. The first kappa shape index (κ1) is 24.5. The highest BCUT2D eigenvalue weighted by Gasteiger charge is 2.28. The number of alkyl halides is 3. The summed E-state index contributed by atoms with van der Waals surface area (Å²) in [6, 6.07) is 6.60. The molecule has 0 bridgehead atoms. The van der Waals surface area contributed by atoms with Crippen molar-refractivity contribution >= 4 is 41.3 Å². The number of aliphatic imine (C=N–C) groups is 1. The molecule has 0 atom stereocenters. The van der Waals surface area contributed by atoms with Gasteiger partial charge in [0.05, 0.1) is 17.2 Å². The Hall–Kier alpha value is -1.56. The molecule has 0 unspecified atom stereocenters. The second-order valence-corrected chi connectivity index (χ2v) is 6.80. The average molecular weight is 528 g/mol. The molecule has 0 aliphatic heterocycles. The summed E-state index contributed by atoms with van der Waals surface area (Å²) in [6.45, 7) is 4.13. The Bertz CT molecular complexity index is 752. The number of halogens is 4. The van der Waals surface area contributed by atoms with Crippen molar-refractivity contribution in [2.45, 2.75) is 33.0 Å². The summed E-state index contributed by atoms with van der Waals surface area (Å²) in [6.07, 6.45) is -3.61. The number of nitrogens with zero attached hydrogens (tertiary/aromatic N) is 2. The number of guanidine groups is 1. The first-order valence-corrected chi connectivity index (χ1v) is 9.46. The van der Waals surface area contributed by atoms with Crippen LogP contribution in [0.4, 0.5) is 13.2 Å². The molecule has 1 aromatic heterocycles. The molecule has 1 heterocycles. The lowest BCUT2D eigenvalue weighted by Crippen LogP contribution is -2.38. The predicted molar refractivity (Wildman–Crippen MR) is 117 cm³/mol. The molecule has 0 saturated carbocycles. The molecular weight excluding hydrogens is 504 g/mol. The second kappa shape index (κ2) is 12.1. The fourth-order valence-electron chi connectivity index (χ4n) is 2.27. The van der Waals surface area contributed by atoms with E-state index in [2.05, 4.69) is 20.6 Å². The highest BCUT2D eigenvalue weighted by atomic mass is 127. The molecule has 0 aliphatic carbocycles. The van der Waals surface area contributed by atoms with Crippen LogP contribution in [0.3, 0.4) is 0 Å². The van der Waals surface area contributed by atoms with Gasteiger partial charge in [-0.3, -0.25) is 0 Å². The van der Waals surface area contributed by atoms with Crippen LogP contribution < -0.4 is 15.4 Å². The molecule has 0 aliphatic rings. The van der Waals surface area contributed by atoms with Gasteiger partial charge in [0.2, 0.25) is 0 Å². The van der Waals surface area contributed by atoms with E-state index >= 15 is 0 Å². The number of nitrogens with one attached hydrogen (secondary N) is 2. The molecule has 156 valence electrons. The van der Waals surface area contributed by atoms with Crippen LogP contribution in [0.2, 0.25) is 0 Å². The van der Waals surface area contributed by atoms with Gasteiger partial charge in [-0.1, -0.05) is 18.2 Å². The molecule has 0 fully saturated rings. The summed E-state index contributed by atoms with van der Waals surface area (Å²) in [4.78, 5) is 8.85. The third-order valence-electron chi connectivity index (χ3n) is 3.46. The van der Waals surface area contributed by atoms with Gasteiger partial charge >= 0.3 is 6.18 Å². The lowest BCUT2D eigenvalue weighted by atomic mass is 10.2. The van der Waals surface area contributed by atoms with Crippen LogP contribution in [0.5, 0.6) is 5.75 Å².